The van der Waals surface area contributed by atoms with E-state index in [2.05, 4.69) is 23.7 Å². The van der Waals surface area contributed by atoms with Crippen LogP contribution in [-0.2, 0) is 4.79 Å². The largest absolute Gasteiger partial charge is 0.390 e. The highest BCUT2D eigenvalue weighted by Crippen LogP contribution is 2.51. The second kappa shape index (κ2) is 5.99. The first-order valence-corrected chi connectivity index (χ1v) is 10.5. The number of aliphatic hydroxyl groups is 1. The van der Waals surface area contributed by atoms with E-state index in [-0.39, 0.29) is 23.9 Å². The molecule has 144 valence electrons. The van der Waals surface area contributed by atoms with Gasteiger partial charge in [-0.2, -0.15) is 0 Å². The van der Waals surface area contributed by atoms with Gasteiger partial charge in [0.15, 0.2) is 0 Å². The number of amides is 1. The highest BCUT2D eigenvalue weighted by Gasteiger charge is 2.54. The Labute approximate surface area is 164 Å². The maximum atomic E-state index is 13.3. The number of aryl methyl sites for hydroxylation is 1. The lowest BCUT2D eigenvalue weighted by molar-refractivity contribution is -0.174. The van der Waals surface area contributed by atoms with Gasteiger partial charge in [-0.3, -0.25) is 4.79 Å². The summed E-state index contributed by atoms with van der Waals surface area (Å²) in [6.07, 6.45) is 5.09. The van der Waals surface area contributed by atoms with Crippen molar-refractivity contribution in [2.75, 3.05) is 0 Å². The summed E-state index contributed by atoms with van der Waals surface area (Å²) in [7, 11) is 0. The summed E-state index contributed by atoms with van der Waals surface area (Å²) in [6.45, 7) is 4.19. The van der Waals surface area contributed by atoms with E-state index in [0.29, 0.717) is 12.3 Å². The van der Waals surface area contributed by atoms with Crippen molar-refractivity contribution >= 4 is 28.4 Å². The van der Waals surface area contributed by atoms with Gasteiger partial charge in [0, 0.05) is 35.1 Å². The van der Waals surface area contributed by atoms with Gasteiger partial charge >= 0.3 is 0 Å². The van der Waals surface area contributed by atoms with E-state index in [4.69, 9.17) is 11.6 Å². The molecular formula is C22H27ClN2O2. The quantitative estimate of drug-likeness (QED) is 0.814. The van der Waals surface area contributed by atoms with Gasteiger partial charge in [-0.1, -0.05) is 24.6 Å². The van der Waals surface area contributed by atoms with E-state index in [1.807, 2.05) is 18.2 Å². The number of benzene rings is 1. The minimum absolute atomic E-state index is 0.103. The minimum atomic E-state index is -0.514. The summed E-state index contributed by atoms with van der Waals surface area (Å²) in [4.78, 5) is 18.8. The highest BCUT2D eigenvalue weighted by atomic mass is 35.5. The van der Waals surface area contributed by atoms with Gasteiger partial charge in [0.25, 0.3) is 0 Å². The fourth-order valence-corrected chi connectivity index (χ4v) is 6.71. The highest BCUT2D eigenvalue weighted by molar-refractivity contribution is 6.35. The Balaban J connectivity index is 1.40. The second-order valence-electron chi connectivity index (χ2n) is 9.21. The summed E-state index contributed by atoms with van der Waals surface area (Å²) >= 11 is 6.48. The van der Waals surface area contributed by atoms with Crippen LogP contribution in [0.4, 0.5) is 0 Å². The summed E-state index contributed by atoms with van der Waals surface area (Å²) < 4.78 is 0. The van der Waals surface area contributed by atoms with Crippen molar-refractivity contribution in [2.45, 2.75) is 76.0 Å². The molecule has 0 spiro atoms. The van der Waals surface area contributed by atoms with Crippen LogP contribution in [0.25, 0.3) is 10.9 Å². The van der Waals surface area contributed by atoms with Crippen molar-refractivity contribution in [3.8, 4) is 0 Å². The average Bonchev–Trinajstić information content (AvgIpc) is 2.90. The van der Waals surface area contributed by atoms with Crippen LogP contribution in [-0.4, -0.2) is 38.6 Å². The fourth-order valence-electron chi connectivity index (χ4n) is 6.44. The van der Waals surface area contributed by atoms with Crippen LogP contribution in [0.15, 0.2) is 18.2 Å². The van der Waals surface area contributed by atoms with Crippen molar-refractivity contribution in [1.82, 2.24) is 9.88 Å². The Morgan fingerprint density at radius 3 is 2.70 bits per heavy atom. The molecule has 3 atom stereocenters. The van der Waals surface area contributed by atoms with E-state index in [9.17, 15) is 9.90 Å². The molecule has 4 bridgehead atoms. The summed E-state index contributed by atoms with van der Waals surface area (Å²) in [5.41, 5.74) is 2.77. The first-order valence-electron chi connectivity index (χ1n) is 10.1. The van der Waals surface area contributed by atoms with Crippen molar-refractivity contribution in [1.29, 1.82) is 0 Å². The summed E-state index contributed by atoms with van der Waals surface area (Å²) in [6, 6.07) is 6.36. The van der Waals surface area contributed by atoms with Crippen LogP contribution < -0.4 is 0 Å². The average molecular weight is 387 g/mol. The Hall–Kier alpha value is -1.52. The molecule has 4 fully saturated rings. The van der Waals surface area contributed by atoms with Crippen molar-refractivity contribution in [3.05, 3.63) is 34.5 Å². The number of piperidine rings is 2. The fraction of sp³-hybridized carbons (Fsp3) is 0.591. The van der Waals surface area contributed by atoms with E-state index in [0.717, 1.165) is 59.3 Å². The lowest BCUT2D eigenvalue weighted by Crippen LogP contribution is -2.65. The number of carbonyl (C=O) groups is 1. The molecule has 5 heteroatoms. The number of halogens is 1. The van der Waals surface area contributed by atoms with Crippen molar-refractivity contribution < 1.29 is 9.90 Å². The molecule has 3 unspecified atom stereocenters. The number of hydrogen-bond donors (Lipinski definition) is 2. The first kappa shape index (κ1) is 17.6. The van der Waals surface area contributed by atoms with Gasteiger partial charge in [-0.25, -0.2) is 0 Å². The van der Waals surface area contributed by atoms with Crippen LogP contribution in [0, 0.1) is 12.8 Å². The van der Waals surface area contributed by atoms with E-state index in [1.165, 1.54) is 0 Å². The number of fused-ring (bicyclic) bond motifs is 1. The maximum absolute atomic E-state index is 13.3. The number of nitrogens with zero attached hydrogens (tertiary/aromatic N) is 1. The van der Waals surface area contributed by atoms with Crippen LogP contribution in [0.1, 0.15) is 62.6 Å². The molecule has 1 amide bonds. The number of rotatable bonds is 3. The standard InChI is InChI=1S/C22H27ClN2O2/c1-12(20-13(2)24-18-5-3-4-17(23)21(18)20)6-19(26)25-15-7-14-8-16(25)11-22(27,9-14)10-15/h3-5,12,14-16,24,27H,6-11H2,1-2H3. The van der Waals surface area contributed by atoms with E-state index >= 15 is 0 Å². The molecule has 2 aromatic rings. The lowest BCUT2D eigenvalue weighted by Gasteiger charge is -2.59. The molecule has 4 nitrogen and oxygen atoms in total. The molecule has 27 heavy (non-hydrogen) atoms. The molecule has 3 heterocycles. The molecule has 2 N–H and O–H groups in total. The van der Waals surface area contributed by atoms with E-state index in [1.54, 1.807) is 0 Å². The number of hydrogen-bond acceptors (Lipinski definition) is 2. The third-order valence-corrected chi connectivity index (χ3v) is 7.48. The Bertz CT molecular complexity index is 904. The summed E-state index contributed by atoms with van der Waals surface area (Å²) in [5.74, 6) is 0.941. The maximum Gasteiger partial charge on any atom is 0.223 e. The van der Waals surface area contributed by atoms with Gasteiger partial charge in [0.05, 0.1) is 10.6 Å². The number of aromatic nitrogens is 1. The van der Waals surface area contributed by atoms with Gasteiger partial charge < -0.3 is 15.0 Å². The Kier molecular flexibility index (Phi) is 3.90. The van der Waals surface area contributed by atoms with Gasteiger partial charge in [-0.15, -0.1) is 0 Å². The molecule has 2 aliphatic heterocycles. The van der Waals surface area contributed by atoms with Crippen LogP contribution in [0.5, 0.6) is 0 Å². The lowest BCUT2D eigenvalue weighted by atomic mass is 9.61. The van der Waals surface area contributed by atoms with Crippen molar-refractivity contribution in [3.63, 3.8) is 0 Å². The zero-order valence-electron chi connectivity index (χ0n) is 16.0. The molecule has 2 aliphatic carbocycles. The second-order valence-corrected chi connectivity index (χ2v) is 9.62. The number of carbonyl (C=O) groups excluding carboxylic acids is 1. The third-order valence-electron chi connectivity index (χ3n) is 7.17. The van der Waals surface area contributed by atoms with Gasteiger partial charge in [0.2, 0.25) is 5.91 Å². The molecular weight excluding hydrogens is 360 g/mol. The normalized spacial score (nSPS) is 33.0. The van der Waals surface area contributed by atoms with Crippen LogP contribution >= 0.6 is 11.6 Å². The van der Waals surface area contributed by atoms with Crippen LogP contribution in [0.3, 0.4) is 0 Å². The monoisotopic (exact) mass is 386 g/mol. The Morgan fingerprint density at radius 2 is 2.04 bits per heavy atom. The number of aromatic amines is 1. The molecule has 6 rings (SSSR count). The first-order chi connectivity index (χ1) is 12.8. The predicted octanol–water partition coefficient (Wildman–Crippen LogP) is 4.53. The number of H-pyrrole nitrogens is 1. The smallest absolute Gasteiger partial charge is 0.223 e. The summed E-state index contributed by atoms with van der Waals surface area (Å²) in [5, 5.41) is 12.5. The molecule has 1 aromatic heterocycles. The molecule has 1 aromatic carbocycles. The zero-order valence-corrected chi connectivity index (χ0v) is 16.7. The molecule has 4 aliphatic rings. The Morgan fingerprint density at radius 1 is 1.33 bits per heavy atom. The predicted molar refractivity (Wildman–Crippen MR) is 107 cm³/mol. The topological polar surface area (TPSA) is 56.3 Å². The zero-order chi connectivity index (χ0) is 18.9. The molecule has 2 saturated carbocycles. The third kappa shape index (κ3) is 2.72. The molecule has 0 radical (unpaired) electrons. The van der Waals surface area contributed by atoms with Crippen molar-refractivity contribution in [2.24, 2.45) is 5.92 Å². The van der Waals surface area contributed by atoms with Crippen LogP contribution in [0.2, 0.25) is 5.02 Å². The minimum Gasteiger partial charge on any atom is -0.390 e. The molecule has 2 saturated heterocycles. The van der Waals surface area contributed by atoms with Gasteiger partial charge in [-0.05, 0) is 68.6 Å². The van der Waals surface area contributed by atoms with Gasteiger partial charge in [0.1, 0.15) is 0 Å². The van der Waals surface area contributed by atoms with E-state index < -0.39 is 5.60 Å². The number of nitrogens with one attached hydrogen (secondary N) is 1. The SMILES string of the molecule is Cc1[nH]c2cccc(Cl)c2c1C(C)CC(=O)N1C2CC3CC1CC(O)(C3)C2.